The van der Waals surface area contributed by atoms with Crippen molar-refractivity contribution in [3.8, 4) is 0 Å². The minimum Gasteiger partial charge on any atom is -0.395 e. The van der Waals surface area contributed by atoms with Crippen molar-refractivity contribution in [1.82, 2.24) is 4.90 Å². The molecule has 0 saturated heterocycles. The van der Waals surface area contributed by atoms with Crippen LogP contribution in [0.25, 0.3) is 0 Å². The first kappa shape index (κ1) is 25.5. The topological polar surface area (TPSA) is 104 Å². The molecular weight excluding hydrogens is 350 g/mol. The smallest absolute Gasteiger partial charge is 0.316 e. The Morgan fingerprint density at radius 2 is 1.41 bits per heavy atom. The van der Waals surface area contributed by atoms with Crippen molar-refractivity contribution in [2.24, 2.45) is 0 Å². The van der Waals surface area contributed by atoms with Gasteiger partial charge in [-0.05, 0) is 6.42 Å². The zero-order valence-corrected chi connectivity index (χ0v) is 17.0. The molecule has 0 fully saturated rings. The average molecular weight is 388 g/mol. The number of aliphatic hydroxyl groups excluding tert-OH is 2. The summed E-state index contributed by atoms with van der Waals surface area (Å²) >= 11 is 0. The lowest BCUT2D eigenvalue weighted by molar-refractivity contribution is -0.161. The predicted molar refractivity (Wildman–Crippen MR) is 103 cm³/mol. The van der Waals surface area contributed by atoms with E-state index in [1.54, 1.807) is 0 Å². The number of esters is 2. The van der Waals surface area contributed by atoms with E-state index in [0.717, 1.165) is 26.2 Å². The van der Waals surface area contributed by atoms with Crippen LogP contribution in [0.2, 0.25) is 0 Å². The standard InChI is InChI=1S/C20H37NO6/c1-3-4-5-6-7-8-9-10-11-12-13-21(14-15-22)20(26)18(24)16-19(25)27-17(2)23/h18,22,24H,3-16H2,1-2H3. The molecule has 0 heterocycles. The van der Waals surface area contributed by atoms with Gasteiger partial charge in [0, 0.05) is 20.0 Å². The van der Waals surface area contributed by atoms with Gasteiger partial charge in [-0.15, -0.1) is 0 Å². The molecule has 0 aliphatic rings. The van der Waals surface area contributed by atoms with Gasteiger partial charge in [-0.2, -0.15) is 0 Å². The fourth-order valence-electron chi connectivity index (χ4n) is 2.90. The highest BCUT2D eigenvalue weighted by atomic mass is 16.6. The lowest BCUT2D eigenvalue weighted by Crippen LogP contribution is -2.42. The van der Waals surface area contributed by atoms with Crippen LogP contribution in [0.4, 0.5) is 0 Å². The van der Waals surface area contributed by atoms with Crippen molar-refractivity contribution in [3.63, 3.8) is 0 Å². The molecule has 1 unspecified atom stereocenters. The lowest BCUT2D eigenvalue weighted by Gasteiger charge is -2.24. The monoisotopic (exact) mass is 387 g/mol. The maximum absolute atomic E-state index is 12.2. The van der Waals surface area contributed by atoms with Crippen LogP contribution >= 0.6 is 0 Å². The first-order valence-electron chi connectivity index (χ1n) is 10.2. The van der Waals surface area contributed by atoms with E-state index in [9.17, 15) is 19.5 Å². The van der Waals surface area contributed by atoms with E-state index in [1.807, 2.05) is 0 Å². The summed E-state index contributed by atoms with van der Waals surface area (Å²) in [6.07, 6.45) is 9.61. The van der Waals surface area contributed by atoms with Gasteiger partial charge in [0.2, 0.25) is 0 Å². The van der Waals surface area contributed by atoms with Crippen molar-refractivity contribution in [3.05, 3.63) is 0 Å². The van der Waals surface area contributed by atoms with Crippen LogP contribution in [0.5, 0.6) is 0 Å². The largest absolute Gasteiger partial charge is 0.395 e. The molecule has 7 heteroatoms. The first-order chi connectivity index (χ1) is 12.9. The molecule has 0 aromatic rings. The molecule has 0 saturated carbocycles. The summed E-state index contributed by atoms with van der Waals surface area (Å²) < 4.78 is 4.32. The third kappa shape index (κ3) is 14.3. The highest BCUT2D eigenvalue weighted by molar-refractivity contribution is 5.89. The number of amides is 1. The Balaban J connectivity index is 4.02. The van der Waals surface area contributed by atoms with Gasteiger partial charge in [-0.3, -0.25) is 14.4 Å². The first-order valence-corrected chi connectivity index (χ1v) is 10.2. The van der Waals surface area contributed by atoms with Gasteiger partial charge in [0.1, 0.15) is 6.10 Å². The van der Waals surface area contributed by atoms with Crippen LogP contribution < -0.4 is 0 Å². The number of rotatable bonds is 16. The maximum Gasteiger partial charge on any atom is 0.316 e. The molecule has 7 nitrogen and oxygen atoms in total. The summed E-state index contributed by atoms with van der Waals surface area (Å²) in [6.45, 7) is 3.61. The number of carbonyl (C=O) groups is 3. The summed E-state index contributed by atoms with van der Waals surface area (Å²) in [6, 6.07) is 0. The molecule has 0 aliphatic carbocycles. The van der Waals surface area contributed by atoms with Crippen LogP contribution in [-0.4, -0.2) is 58.8 Å². The molecule has 0 aliphatic heterocycles. The van der Waals surface area contributed by atoms with Crippen LogP contribution in [0, 0.1) is 0 Å². The number of unbranched alkanes of at least 4 members (excludes halogenated alkanes) is 9. The third-order valence-corrected chi connectivity index (χ3v) is 4.37. The Bertz CT molecular complexity index is 427. The molecule has 2 N–H and O–H groups in total. The molecule has 1 amide bonds. The minimum absolute atomic E-state index is 0.106. The van der Waals surface area contributed by atoms with E-state index >= 15 is 0 Å². The van der Waals surface area contributed by atoms with Crippen molar-refractivity contribution in [1.29, 1.82) is 0 Å². The third-order valence-electron chi connectivity index (χ3n) is 4.37. The SMILES string of the molecule is CCCCCCCCCCCCN(CCO)C(=O)C(O)CC(=O)OC(C)=O. The zero-order chi connectivity index (χ0) is 20.5. The summed E-state index contributed by atoms with van der Waals surface area (Å²) in [7, 11) is 0. The molecule has 0 aromatic heterocycles. The second-order valence-electron chi connectivity index (χ2n) is 6.92. The van der Waals surface area contributed by atoms with Gasteiger partial charge < -0.3 is 19.8 Å². The average Bonchev–Trinajstić information content (AvgIpc) is 2.60. The van der Waals surface area contributed by atoms with Gasteiger partial charge in [-0.1, -0.05) is 64.7 Å². The number of nitrogens with zero attached hydrogens (tertiary/aromatic N) is 1. The molecular formula is C20H37NO6. The Morgan fingerprint density at radius 3 is 1.89 bits per heavy atom. The summed E-state index contributed by atoms with van der Waals surface area (Å²) in [5, 5.41) is 19.0. The second kappa shape index (κ2) is 16.7. The minimum atomic E-state index is -1.56. The molecule has 0 spiro atoms. The fourth-order valence-corrected chi connectivity index (χ4v) is 2.90. The number of aliphatic hydroxyl groups is 2. The van der Waals surface area contributed by atoms with E-state index < -0.39 is 30.4 Å². The summed E-state index contributed by atoms with van der Waals surface area (Å²) in [5.41, 5.74) is 0. The van der Waals surface area contributed by atoms with E-state index in [1.165, 1.54) is 49.8 Å². The quantitative estimate of drug-likeness (QED) is 0.240. The second-order valence-corrected chi connectivity index (χ2v) is 6.92. The lowest BCUT2D eigenvalue weighted by atomic mass is 10.1. The molecule has 0 aromatic carbocycles. The molecule has 158 valence electrons. The maximum atomic E-state index is 12.2. The van der Waals surface area contributed by atoms with Crippen molar-refractivity contribution < 1.29 is 29.3 Å². The number of hydrogen-bond donors (Lipinski definition) is 2. The predicted octanol–water partition coefficient (Wildman–Crippen LogP) is 2.57. The van der Waals surface area contributed by atoms with Crippen molar-refractivity contribution in [2.75, 3.05) is 19.7 Å². The van der Waals surface area contributed by atoms with Gasteiger partial charge in [-0.25, -0.2) is 0 Å². The Morgan fingerprint density at radius 1 is 0.889 bits per heavy atom. The Labute approximate surface area is 163 Å². The summed E-state index contributed by atoms with van der Waals surface area (Å²) in [4.78, 5) is 35.6. The van der Waals surface area contributed by atoms with E-state index in [4.69, 9.17) is 5.11 Å². The Hall–Kier alpha value is -1.47. The van der Waals surface area contributed by atoms with Crippen molar-refractivity contribution >= 4 is 17.8 Å². The van der Waals surface area contributed by atoms with Gasteiger partial charge in [0.05, 0.1) is 13.0 Å². The van der Waals surface area contributed by atoms with E-state index in [-0.39, 0.29) is 13.2 Å². The summed E-state index contributed by atoms with van der Waals surface area (Å²) in [5.74, 6) is -2.34. The van der Waals surface area contributed by atoms with Crippen molar-refractivity contribution in [2.45, 2.75) is 90.6 Å². The van der Waals surface area contributed by atoms with Gasteiger partial charge in [0.25, 0.3) is 5.91 Å². The highest BCUT2D eigenvalue weighted by Gasteiger charge is 2.25. The number of hydrogen-bond acceptors (Lipinski definition) is 6. The molecule has 0 bridgehead atoms. The van der Waals surface area contributed by atoms with Gasteiger partial charge in [0.15, 0.2) is 0 Å². The van der Waals surface area contributed by atoms with Crippen LogP contribution in [0.3, 0.4) is 0 Å². The normalized spacial score (nSPS) is 11.9. The zero-order valence-electron chi connectivity index (χ0n) is 17.0. The number of carbonyl (C=O) groups excluding carboxylic acids is 3. The van der Waals surface area contributed by atoms with Crippen LogP contribution in [-0.2, 0) is 19.1 Å². The molecule has 0 radical (unpaired) electrons. The van der Waals surface area contributed by atoms with Crippen LogP contribution in [0.15, 0.2) is 0 Å². The fraction of sp³-hybridized carbons (Fsp3) is 0.850. The van der Waals surface area contributed by atoms with E-state index in [2.05, 4.69) is 11.7 Å². The molecule has 1 atom stereocenters. The van der Waals surface area contributed by atoms with Crippen LogP contribution in [0.1, 0.15) is 84.5 Å². The Kier molecular flexibility index (Phi) is 15.8. The molecule has 27 heavy (non-hydrogen) atoms. The molecule has 0 rings (SSSR count). The highest BCUT2D eigenvalue weighted by Crippen LogP contribution is 2.11. The van der Waals surface area contributed by atoms with Gasteiger partial charge >= 0.3 is 11.9 Å². The number of ether oxygens (including phenoxy) is 1. The van der Waals surface area contributed by atoms with E-state index in [0.29, 0.717) is 6.54 Å².